The second-order valence-electron chi connectivity index (χ2n) is 7.01. The maximum absolute atomic E-state index is 12.6. The van der Waals surface area contributed by atoms with Crippen molar-refractivity contribution in [1.29, 1.82) is 0 Å². The molecule has 0 spiro atoms. The van der Waals surface area contributed by atoms with Crippen LogP contribution in [0.4, 0.5) is 13.2 Å². The predicted octanol–water partition coefficient (Wildman–Crippen LogP) is 3.94. The van der Waals surface area contributed by atoms with Crippen molar-refractivity contribution >= 4 is 22.0 Å². The number of nitrogens with one attached hydrogen (secondary N) is 2. The van der Waals surface area contributed by atoms with Crippen LogP contribution in [0, 0.1) is 5.92 Å². The molecule has 0 heterocycles. The predicted molar refractivity (Wildman–Crippen MR) is 109 cm³/mol. The Bertz CT molecular complexity index is 971. The minimum absolute atomic E-state index is 0.0260. The summed E-state index contributed by atoms with van der Waals surface area (Å²) < 4.78 is 64.9. The van der Waals surface area contributed by atoms with Crippen molar-refractivity contribution in [3.05, 3.63) is 76.7 Å². The molecule has 2 rings (SSSR count). The van der Waals surface area contributed by atoms with Crippen molar-refractivity contribution in [2.45, 2.75) is 32.6 Å². The van der Waals surface area contributed by atoms with Crippen LogP contribution in [0.2, 0.25) is 0 Å². The summed E-state index contributed by atoms with van der Waals surface area (Å²) in [7, 11) is -3.89. The van der Waals surface area contributed by atoms with Crippen LogP contribution >= 0.6 is 0 Å². The number of benzene rings is 2. The number of carbonyl (C=O) groups excluding carboxylic acids is 1. The lowest BCUT2D eigenvalue weighted by molar-refractivity contribution is -0.137. The van der Waals surface area contributed by atoms with Crippen LogP contribution in [0.25, 0.3) is 6.08 Å². The third kappa shape index (κ3) is 7.31. The van der Waals surface area contributed by atoms with E-state index in [2.05, 4.69) is 10.0 Å². The summed E-state index contributed by atoms with van der Waals surface area (Å²) in [5, 5.41) is 3.55. The molecule has 0 aliphatic rings. The molecule has 0 unspecified atom stereocenters. The average molecular weight is 440 g/mol. The van der Waals surface area contributed by atoms with Gasteiger partial charge in [-0.05, 0) is 35.3 Å². The van der Waals surface area contributed by atoms with E-state index in [9.17, 15) is 26.4 Å². The molecule has 0 bridgehead atoms. The smallest absolute Gasteiger partial charge is 0.351 e. The fourth-order valence-corrected chi connectivity index (χ4v) is 3.70. The van der Waals surface area contributed by atoms with Crippen LogP contribution in [0.3, 0.4) is 0 Å². The van der Waals surface area contributed by atoms with Crippen molar-refractivity contribution in [2.75, 3.05) is 0 Å². The molecular formula is C21H23F3N2O3S. The summed E-state index contributed by atoms with van der Waals surface area (Å²) in [5.41, 5.74) is 0.372. The molecule has 0 saturated heterocycles. The molecule has 0 aliphatic carbocycles. The lowest BCUT2D eigenvalue weighted by atomic mass is 10.0. The second-order valence-corrected chi connectivity index (χ2v) is 8.61. The average Bonchev–Trinajstić information content (AvgIpc) is 2.69. The molecule has 0 saturated carbocycles. The standard InChI is InChI=1S/C21H23F3N2O3S/c1-15(2)19(26-30(28,29)13-12-16-6-4-3-5-7-16)20(27)25-14-17-8-10-18(11-9-17)21(22,23)24/h3-13,15,19,26H,14H2,1-2H3,(H,25,27)/b13-12+/t19-/m0/s1. The fraction of sp³-hybridized carbons (Fsp3) is 0.286. The molecule has 2 N–H and O–H groups in total. The highest BCUT2D eigenvalue weighted by atomic mass is 32.2. The van der Waals surface area contributed by atoms with E-state index in [4.69, 9.17) is 0 Å². The first kappa shape index (κ1) is 23.6. The Morgan fingerprint density at radius 3 is 2.17 bits per heavy atom. The number of hydrogen-bond donors (Lipinski definition) is 2. The molecule has 0 aromatic heterocycles. The summed E-state index contributed by atoms with van der Waals surface area (Å²) in [6, 6.07) is 12.2. The maximum atomic E-state index is 12.6. The molecule has 162 valence electrons. The van der Waals surface area contributed by atoms with Crippen molar-refractivity contribution in [2.24, 2.45) is 5.92 Å². The van der Waals surface area contributed by atoms with Crippen LogP contribution < -0.4 is 10.0 Å². The summed E-state index contributed by atoms with van der Waals surface area (Å²) >= 11 is 0. The van der Waals surface area contributed by atoms with Crippen molar-refractivity contribution in [3.63, 3.8) is 0 Å². The van der Waals surface area contributed by atoms with E-state index in [1.165, 1.54) is 18.2 Å². The molecule has 0 radical (unpaired) electrons. The van der Waals surface area contributed by atoms with Gasteiger partial charge in [0.25, 0.3) is 0 Å². The Hall–Kier alpha value is -2.65. The molecule has 9 heteroatoms. The van der Waals surface area contributed by atoms with Crippen LogP contribution in [0.5, 0.6) is 0 Å². The van der Waals surface area contributed by atoms with Gasteiger partial charge in [0.05, 0.1) is 5.56 Å². The van der Waals surface area contributed by atoms with Crippen LogP contribution in [-0.4, -0.2) is 20.4 Å². The van der Waals surface area contributed by atoms with Gasteiger partial charge in [0.2, 0.25) is 15.9 Å². The lowest BCUT2D eigenvalue weighted by Gasteiger charge is -2.21. The van der Waals surface area contributed by atoms with E-state index >= 15 is 0 Å². The van der Waals surface area contributed by atoms with E-state index in [1.807, 2.05) is 0 Å². The van der Waals surface area contributed by atoms with Gasteiger partial charge in [-0.1, -0.05) is 56.3 Å². The minimum atomic E-state index is -4.43. The first-order valence-electron chi connectivity index (χ1n) is 9.17. The van der Waals surface area contributed by atoms with Gasteiger partial charge in [-0.3, -0.25) is 4.79 Å². The van der Waals surface area contributed by atoms with E-state index in [1.54, 1.807) is 44.2 Å². The quantitative estimate of drug-likeness (QED) is 0.653. The van der Waals surface area contributed by atoms with Gasteiger partial charge in [-0.25, -0.2) is 8.42 Å². The zero-order valence-electron chi connectivity index (χ0n) is 16.5. The Morgan fingerprint density at radius 2 is 1.63 bits per heavy atom. The number of rotatable bonds is 8. The molecule has 30 heavy (non-hydrogen) atoms. The maximum Gasteiger partial charge on any atom is 0.416 e. The highest BCUT2D eigenvalue weighted by Crippen LogP contribution is 2.29. The fourth-order valence-electron chi connectivity index (χ4n) is 2.55. The topological polar surface area (TPSA) is 75.3 Å². The summed E-state index contributed by atoms with van der Waals surface area (Å²) in [5.74, 6) is -0.918. The summed E-state index contributed by atoms with van der Waals surface area (Å²) in [4.78, 5) is 12.5. The first-order valence-corrected chi connectivity index (χ1v) is 10.7. The van der Waals surface area contributed by atoms with Gasteiger partial charge in [-0.2, -0.15) is 17.9 Å². The Kier molecular flexibility index (Phi) is 7.80. The number of halogens is 3. The van der Waals surface area contributed by atoms with Crippen molar-refractivity contribution in [1.82, 2.24) is 10.0 Å². The third-order valence-electron chi connectivity index (χ3n) is 4.23. The molecular weight excluding hydrogens is 417 g/mol. The SMILES string of the molecule is CC(C)[C@H](NS(=O)(=O)/C=C/c1ccccc1)C(=O)NCc1ccc(C(F)(F)F)cc1. The van der Waals surface area contributed by atoms with Crippen molar-refractivity contribution in [3.8, 4) is 0 Å². The number of alkyl halides is 3. The number of amides is 1. The van der Waals surface area contributed by atoms with Gasteiger partial charge in [0.15, 0.2) is 0 Å². The van der Waals surface area contributed by atoms with Gasteiger partial charge in [-0.15, -0.1) is 0 Å². The molecule has 1 atom stereocenters. The Labute approximate surface area is 174 Å². The number of hydrogen-bond acceptors (Lipinski definition) is 3. The minimum Gasteiger partial charge on any atom is -0.351 e. The second kappa shape index (κ2) is 9.90. The van der Waals surface area contributed by atoms with Gasteiger partial charge in [0.1, 0.15) is 6.04 Å². The number of carbonyl (C=O) groups is 1. The van der Waals surface area contributed by atoms with Crippen LogP contribution in [-0.2, 0) is 27.5 Å². The van der Waals surface area contributed by atoms with E-state index in [0.717, 1.165) is 17.5 Å². The Balaban J connectivity index is 2.01. The van der Waals surface area contributed by atoms with Crippen LogP contribution in [0.15, 0.2) is 60.0 Å². The van der Waals surface area contributed by atoms with Gasteiger partial charge >= 0.3 is 6.18 Å². The zero-order chi connectivity index (χ0) is 22.4. The van der Waals surface area contributed by atoms with E-state index < -0.39 is 33.7 Å². The van der Waals surface area contributed by atoms with Gasteiger partial charge < -0.3 is 5.32 Å². The molecule has 0 fully saturated rings. The molecule has 0 aliphatic heterocycles. The monoisotopic (exact) mass is 440 g/mol. The number of sulfonamides is 1. The summed E-state index contributed by atoms with van der Waals surface area (Å²) in [6.45, 7) is 3.35. The lowest BCUT2D eigenvalue weighted by Crippen LogP contribution is -2.48. The molecule has 5 nitrogen and oxygen atoms in total. The van der Waals surface area contributed by atoms with Crippen molar-refractivity contribution < 1.29 is 26.4 Å². The largest absolute Gasteiger partial charge is 0.416 e. The first-order chi connectivity index (χ1) is 14.0. The van der Waals surface area contributed by atoms with E-state index in [0.29, 0.717) is 11.1 Å². The molecule has 1 amide bonds. The highest BCUT2D eigenvalue weighted by Gasteiger charge is 2.30. The van der Waals surface area contributed by atoms with E-state index in [-0.39, 0.29) is 12.5 Å². The van der Waals surface area contributed by atoms with Crippen LogP contribution in [0.1, 0.15) is 30.5 Å². The van der Waals surface area contributed by atoms with Gasteiger partial charge in [0, 0.05) is 12.0 Å². The molecule has 2 aromatic rings. The third-order valence-corrected chi connectivity index (χ3v) is 5.30. The highest BCUT2D eigenvalue weighted by molar-refractivity contribution is 7.92. The normalized spacial score (nSPS) is 13.5. The summed E-state index contributed by atoms with van der Waals surface area (Å²) in [6.07, 6.45) is -3.02. The molecule has 2 aromatic carbocycles. The zero-order valence-corrected chi connectivity index (χ0v) is 17.3. The Morgan fingerprint density at radius 1 is 1.03 bits per heavy atom.